The van der Waals surface area contributed by atoms with Crippen molar-refractivity contribution in [2.45, 2.75) is 31.6 Å². The van der Waals surface area contributed by atoms with E-state index < -0.39 is 0 Å². The van der Waals surface area contributed by atoms with Gasteiger partial charge in [-0.05, 0) is 41.7 Å². The normalized spacial score (nSPS) is 17.1. The van der Waals surface area contributed by atoms with Crippen molar-refractivity contribution in [2.75, 3.05) is 32.6 Å². The summed E-state index contributed by atoms with van der Waals surface area (Å²) < 4.78 is 5.22. The Kier molecular flexibility index (Phi) is 7.11. The summed E-state index contributed by atoms with van der Waals surface area (Å²) in [5.74, 6) is 2.26. The number of guanidine groups is 1. The Morgan fingerprint density at radius 3 is 2.69 bits per heavy atom. The number of ether oxygens (including phenoxy) is 1. The van der Waals surface area contributed by atoms with Crippen molar-refractivity contribution >= 4 is 17.6 Å². The van der Waals surface area contributed by atoms with Crippen LogP contribution in [0.1, 0.15) is 42.7 Å². The molecule has 0 saturated heterocycles. The highest BCUT2D eigenvalue weighted by molar-refractivity contribution is 5.94. The fourth-order valence-electron chi connectivity index (χ4n) is 3.63. The van der Waals surface area contributed by atoms with Gasteiger partial charge in [0.05, 0.1) is 7.11 Å². The molecule has 2 aromatic rings. The highest BCUT2D eigenvalue weighted by Crippen LogP contribution is 2.31. The molecule has 6 nitrogen and oxygen atoms in total. The van der Waals surface area contributed by atoms with Gasteiger partial charge < -0.3 is 20.7 Å². The van der Waals surface area contributed by atoms with Gasteiger partial charge in [0.25, 0.3) is 0 Å². The third kappa shape index (κ3) is 5.50. The summed E-state index contributed by atoms with van der Waals surface area (Å²) in [6.07, 6.45) is 1.47. The van der Waals surface area contributed by atoms with Crippen molar-refractivity contribution in [2.24, 2.45) is 4.99 Å². The van der Waals surface area contributed by atoms with Gasteiger partial charge in [0.1, 0.15) is 5.75 Å². The lowest BCUT2D eigenvalue weighted by molar-refractivity contribution is -0.116. The molecular weight excluding hydrogens is 364 g/mol. The van der Waals surface area contributed by atoms with E-state index in [9.17, 15) is 4.79 Å². The van der Waals surface area contributed by atoms with Gasteiger partial charge in [0, 0.05) is 38.2 Å². The molecular formula is C23H30N4O2. The number of hydrogen-bond donors (Lipinski definition) is 3. The van der Waals surface area contributed by atoms with E-state index in [0.717, 1.165) is 30.4 Å². The SMILES string of the molecule is CN=C(NCCC(C)c1ccc(OC)cc1)NCC1CC(=O)Nc2ccccc21. The van der Waals surface area contributed by atoms with Crippen LogP contribution in [0.5, 0.6) is 5.75 Å². The second-order valence-corrected chi connectivity index (χ2v) is 7.38. The van der Waals surface area contributed by atoms with Gasteiger partial charge in [-0.2, -0.15) is 0 Å². The molecule has 0 spiro atoms. The van der Waals surface area contributed by atoms with Crippen LogP contribution in [0.15, 0.2) is 53.5 Å². The number of carbonyl (C=O) groups is 1. The quantitative estimate of drug-likeness (QED) is 0.496. The topological polar surface area (TPSA) is 74.8 Å². The zero-order valence-electron chi connectivity index (χ0n) is 17.4. The summed E-state index contributed by atoms with van der Waals surface area (Å²) in [5, 5.41) is 9.69. The van der Waals surface area contributed by atoms with Crippen LogP contribution in [0, 0.1) is 0 Å². The highest BCUT2D eigenvalue weighted by Gasteiger charge is 2.24. The van der Waals surface area contributed by atoms with Crippen molar-refractivity contribution in [3.63, 3.8) is 0 Å². The van der Waals surface area contributed by atoms with Crippen molar-refractivity contribution in [3.8, 4) is 5.75 Å². The second kappa shape index (κ2) is 9.96. The summed E-state index contributed by atoms with van der Waals surface area (Å²) in [6, 6.07) is 16.2. The summed E-state index contributed by atoms with van der Waals surface area (Å²) in [4.78, 5) is 16.3. The third-order valence-electron chi connectivity index (χ3n) is 5.40. The molecule has 29 heavy (non-hydrogen) atoms. The number of benzene rings is 2. The third-order valence-corrected chi connectivity index (χ3v) is 5.40. The molecule has 3 rings (SSSR count). The minimum atomic E-state index is 0.0618. The molecule has 2 atom stereocenters. The van der Waals surface area contributed by atoms with Crippen LogP contribution in [0.2, 0.25) is 0 Å². The van der Waals surface area contributed by atoms with E-state index >= 15 is 0 Å². The Morgan fingerprint density at radius 1 is 1.21 bits per heavy atom. The molecule has 0 fully saturated rings. The standard InChI is InChI=1S/C23H30N4O2/c1-16(17-8-10-19(29-3)11-9-17)12-13-25-23(24-2)26-15-18-14-22(28)27-21-7-5-4-6-20(18)21/h4-11,16,18H,12-15H2,1-3H3,(H,27,28)(H2,24,25,26). The van der Waals surface area contributed by atoms with Crippen LogP contribution in [-0.2, 0) is 4.79 Å². The van der Waals surface area contributed by atoms with Crippen LogP contribution in [0.3, 0.4) is 0 Å². The van der Waals surface area contributed by atoms with Crippen molar-refractivity contribution in [1.29, 1.82) is 0 Å². The molecule has 0 aliphatic carbocycles. The lowest BCUT2D eigenvalue weighted by atomic mass is 9.90. The van der Waals surface area contributed by atoms with Gasteiger partial charge in [0.2, 0.25) is 5.91 Å². The lowest BCUT2D eigenvalue weighted by Crippen LogP contribution is -2.41. The van der Waals surface area contributed by atoms with Crippen LogP contribution < -0.4 is 20.7 Å². The number of para-hydroxylation sites is 1. The number of aliphatic imine (C=N–C) groups is 1. The highest BCUT2D eigenvalue weighted by atomic mass is 16.5. The number of fused-ring (bicyclic) bond motifs is 1. The predicted octanol–water partition coefficient (Wildman–Crippen LogP) is 3.48. The Hall–Kier alpha value is -3.02. The number of carbonyl (C=O) groups excluding carboxylic acids is 1. The molecule has 1 heterocycles. The first kappa shape index (κ1) is 20.7. The Balaban J connectivity index is 1.48. The first-order valence-corrected chi connectivity index (χ1v) is 10.1. The number of hydrogen-bond acceptors (Lipinski definition) is 3. The Morgan fingerprint density at radius 2 is 1.97 bits per heavy atom. The molecule has 154 valence electrons. The fourth-order valence-corrected chi connectivity index (χ4v) is 3.63. The minimum absolute atomic E-state index is 0.0618. The zero-order chi connectivity index (χ0) is 20.6. The largest absolute Gasteiger partial charge is 0.497 e. The van der Waals surface area contributed by atoms with Gasteiger partial charge in [-0.15, -0.1) is 0 Å². The maximum atomic E-state index is 12.0. The molecule has 0 radical (unpaired) electrons. The first-order valence-electron chi connectivity index (χ1n) is 10.1. The van der Waals surface area contributed by atoms with Crippen molar-refractivity contribution in [3.05, 3.63) is 59.7 Å². The van der Waals surface area contributed by atoms with Crippen molar-refractivity contribution < 1.29 is 9.53 Å². The average molecular weight is 395 g/mol. The van der Waals surface area contributed by atoms with E-state index in [2.05, 4.69) is 46.1 Å². The molecule has 6 heteroatoms. The molecule has 1 aliphatic rings. The first-order chi connectivity index (χ1) is 14.1. The van der Waals surface area contributed by atoms with E-state index in [1.54, 1.807) is 14.2 Å². The molecule has 3 N–H and O–H groups in total. The second-order valence-electron chi connectivity index (χ2n) is 7.38. The number of methoxy groups -OCH3 is 1. The number of amides is 1. The smallest absolute Gasteiger partial charge is 0.225 e. The number of nitrogens with zero attached hydrogens (tertiary/aromatic N) is 1. The molecule has 0 aromatic heterocycles. The predicted molar refractivity (Wildman–Crippen MR) is 118 cm³/mol. The number of nitrogens with one attached hydrogen (secondary N) is 3. The van der Waals surface area contributed by atoms with E-state index in [0.29, 0.717) is 18.9 Å². The van der Waals surface area contributed by atoms with Gasteiger partial charge >= 0.3 is 0 Å². The number of rotatable bonds is 7. The molecule has 1 amide bonds. The van der Waals surface area contributed by atoms with E-state index in [1.165, 1.54) is 11.1 Å². The van der Waals surface area contributed by atoms with E-state index in [4.69, 9.17) is 4.74 Å². The summed E-state index contributed by atoms with van der Waals surface area (Å²) >= 11 is 0. The Bertz CT molecular complexity index is 848. The Labute approximate surface area is 172 Å². The summed E-state index contributed by atoms with van der Waals surface area (Å²) in [5.41, 5.74) is 3.37. The van der Waals surface area contributed by atoms with Gasteiger partial charge in [-0.25, -0.2) is 0 Å². The summed E-state index contributed by atoms with van der Waals surface area (Å²) in [6.45, 7) is 3.70. The minimum Gasteiger partial charge on any atom is -0.497 e. The van der Waals surface area contributed by atoms with Gasteiger partial charge in [-0.3, -0.25) is 9.79 Å². The van der Waals surface area contributed by atoms with Crippen molar-refractivity contribution in [1.82, 2.24) is 10.6 Å². The lowest BCUT2D eigenvalue weighted by Gasteiger charge is -2.26. The molecule has 0 bridgehead atoms. The maximum absolute atomic E-state index is 12.0. The molecule has 2 aromatic carbocycles. The van der Waals surface area contributed by atoms with Gasteiger partial charge in [-0.1, -0.05) is 37.3 Å². The summed E-state index contributed by atoms with van der Waals surface area (Å²) in [7, 11) is 3.45. The fraction of sp³-hybridized carbons (Fsp3) is 0.391. The number of anilines is 1. The maximum Gasteiger partial charge on any atom is 0.225 e. The average Bonchev–Trinajstić information content (AvgIpc) is 2.75. The molecule has 0 saturated carbocycles. The molecule has 1 aliphatic heterocycles. The van der Waals surface area contributed by atoms with Crippen LogP contribution in [0.25, 0.3) is 0 Å². The van der Waals surface area contributed by atoms with Crippen LogP contribution in [-0.4, -0.2) is 39.1 Å². The zero-order valence-corrected chi connectivity index (χ0v) is 17.4. The van der Waals surface area contributed by atoms with Crippen LogP contribution in [0.4, 0.5) is 5.69 Å². The van der Waals surface area contributed by atoms with Gasteiger partial charge in [0.15, 0.2) is 5.96 Å². The molecule has 2 unspecified atom stereocenters. The monoisotopic (exact) mass is 394 g/mol. The van der Waals surface area contributed by atoms with E-state index in [1.807, 2.05) is 30.3 Å². The van der Waals surface area contributed by atoms with E-state index in [-0.39, 0.29) is 11.8 Å². The van der Waals surface area contributed by atoms with Crippen LogP contribution >= 0.6 is 0 Å².